The van der Waals surface area contributed by atoms with Gasteiger partial charge in [-0.15, -0.1) is 0 Å². The quantitative estimate of drug-likeness (QED) is 0.370. The number of nitrogens with zero attached hydrogens (tertiary/aromatic N) is 3. The molecular weight excluding hydrogens is 432 g/mol. The van der Waals surface area contributed by atoms with E-state index in [1.54, 1.807) is 11.5 Å². The number of benzene rings is 2. The van der Waals surface area contributed by atoms with Crippen molar-refractivity contribution in [3.63, 3.8) is 0 Å². The van der Waals surface area contributed by atoms with Crippen LogP contribution in [0.3, 0.4) is 0 Å². The zero-order valence-corrected chi connectivity index (χ0v) is 21.4. The highest BCUT2D eigenvalue weighted by Gasteiger charge is 2.17. The molecule has 0 bridgehead atoms. The van der Waals surface area contributed by atoms with Gasteiger partial charge in [-0.3, -0.25) is 9.36 Å². The molecule has 0 aliphatic rings. The fourth-order valence-corrected chi connectivity index (χ4v) is 4.32. The van der Waals surface area contributed by atoms with Crippen LogP contribution in [0, 0.1) is 23.7 Å². The van der Waals surface area contributed by atoms with Crippen LogP contribution in [0.4, 0.5) is 0 Å². The third kappa shape index (κ3) is 6.02. The van der Waals surface area contributed by atoms with Gasteiger partial charge < -0.3 is 5.41 Å². The van der Waals surface area contributed by atoms with Gasteiger partial charge in [-0.2, -0.15) is 5.26 Å². The lowest BCUT2D eigenvalue weighted by molar-refractivity contribution is 0.662. The normalized spacial score (nSPS) is 10.6. The lowest BCUT2D eigenvalue weighted by Gasteiger charge is -2.18. The number of aromatic nitrogens is 2. The van der Waals surface area contributed by atoms with E-state index < -0.39 is 0 Å². The topological polar surface area (TPSA) is 82.5 Å². The van der Waals surface area contributed by atoms with Crippen molar-refractivity contribution >= 4 is 5.71 Å². The van der Waals surface area contributed by atoms with Crippen molar-refractivity contribution in [2.75, 3.05) is 0 Å². The summed E-state index contributed by atoms with van der Waals surface area (Å²) in [5.74, 6) is 0.688. The molecule has 180 valence electrons. The fourth-order valence-electron chi connectivity index (χ4n) is 4.32. The molecule has 1 N–H and O–H groups in total. The van der Waals surface area contributed by atoms with Gasteiger partial charge in [-0.25, -0.2) is 4.98 Å². The molecule has 1 heterocycles. The van der Waals surface area contributed by atoms with E-state index in [1.165, 1.54) is 0 Å². The van der Waals surface area contributed by atoms with Gasteiger partial charge in [-0.1, -0.05) is 61.4 Å². The summed E-state index contributed by atoms with van der Waals surface area (Å²) in [6.45, 7) is 10.1. The molecular formula is C30H34N4O. The second-order valence-electron chi connectivity index (χ2n) is 9.21. The monoisotopic (exact) mass is 466 g/mol. The van der Waals surface area contributed by atoms with Crippen LogP contribution in [0.5, 0.6) is 0 Å². The van der Waals surface area contributed by atoms with Gasteiger partial charge in [-0.05, 0) is 68.9 Å². The van der Waals surface area contributed by atoms with Crippen molar-refractivity contribution in [2.45, 2.75) is 66.8 Å². The number of hydrogen-bond acceptors (Lipinski definition) is 4. The first-order valence-electron chi connectivity index (χ1n) is 12.2. The first-order valence-corrected chi connectivity index (χ1v) is 12.2. The summed E-state index contributed by atoms with van der Waals surface area (Å²) >= 11 is 0. The van der Waals surface area contributed by atoms with Crippen LogP contribution in [0.1, 0.15) is 68.7 Å². The minimum absolute atomic E-state index is 0.0255. The smallest absolute Gasteiger partial charge is 0.257 e. The van der Waals surface area contributed by atoms with Gasteiger partial charge in [0.2, 0.25) is 0 Å². The molecule has 0 fully saturated rings. The third-order valence-corrected chi connectivity index (χ3v) is 6.37. The predicted octanol–water partition coefficient (Wildman–Crippen LogP) is 6.40. The molecule has 0 aliphatic heterocycles. The van der Waals surface area contributed by atoms with E-state index in [1.807, 2.05) is 69.3 Å². The van der Waals surface area contributed by atoms with E-state index in [0.29, 0.717) is 30.1 Å². The van der Waals surface area contributed by atoms with Gasteiger partial charge in [0, 0.05) is 17.7 Å². The molecule has 0 aliphatic carbocycles. The zero-order valence-electron chi connectivity index (χ0n) is 21.4. The largest absolute Gasteiger partial charge is 0.305 e. The van der Waals surface area contributed by atoms with Gasteiger partial charge in [0.25, 0.3) is 5.56 Å². The summed E-state index contributed by atoms with van der Waals surface area (Å²) in [6.07, 6.45) is 3.28. The number of aryl methyl sites for hydroxylation is 2. The Morgan fingerprint density at radius 1 is 1.09 bits per heavy atom. The van der Waals surface area contributed by atoms with Gasteiger partial charge >= 0.3 is 0 Å². The summed E-state index contributed by atoms with van der Waals surface area (Å²) < 4.78 is 1.71. The Kier molecular flexibility index (Phi) is 8.54. The summed E-state index contributed by atoms with van der Waals surface area (Å²) in [4.78, 5) is 18.6. The number of rotatable bonds is 9. The number of allylic oxidation sites excluding steroid dienone is 2. The Hall–Kier alpha value is -3.78. The Bertz CT molecular complexity index is 1350. The Balaban J connectivity index is 2.02. The SMILES string of the molecule is CCCCc1nc(C)n(CC(C(C)=N)=C(C)C)c(=O)c1Cc1ccc(-c2ccccc2C#N)cc1. The fraction of sp³-hybridized carbons (Fsp3) is 0.333. The van der Waals surface area contributed by atoms with Gasteiger partial charge in [0.05, 0.1) is 23.9 Å². The maximum atomic E-state index is 13.7. The Morgan fingerprint density at radius 2 is 1.77 bits per heavy atom. The maximum absolute atomic E-state index is 13.7. The van der Waals surface area contributed by atoms with Gasteiger partial charge in [0.1, 0.15) is 5.82 Å². The molecule has 0 unspecified atom stereocenters. The first-order chi connectivity index (χ1) is 16.8. The standard InChI is InChI=1S/C30H34N4O/c1-6-7-12-29-27(30(35)34(22(5)33-29)19-28(20(2)3)21(4)32)17-23-13-15-24(16-14-23)26-11-9-8-10-25(26)18-31/h8-11,13-16,32H,6-7,12,17,19H2,1-5H3. The van der Waals surface area contributed by atoms with Crippen LogP contribution in [-0.4, -0.2) is 15.3 Å². The summed E-state index contributed by atoms with van der Waals surface area (Å²) in [5.41, 5.74) is 7.50. The van der Waals surface area contributed by atoms with E-state index in [9.17, 15) is 10.1 Å². The second-order valence-corrected chi connectivity index (χ2v) is 9.21. The highest BCUT2D eigenvalue weighted by atomic mass is 16.1. The van der Waals surface area contributed by atoms with E-state index in [4.69, 9.17) is 10.4 Å². The molecule has 0 saturated heterocycles. The molecule has 5 heteroatoms. The van der Waals surface area contributed by atoms with Crippen molar-refractivity contribution in [2.24, 2.45) is 0 Å². The van der Waals surface area contributed by atoms with E-state index >= 15 is 0 Å². The van der Waals surface area contributed by atoms with Crippen LogP contribution in [0.25, 0.3) is 11.1 Å². The molecule has 0 saturated carbocycles. The number of nitrogens with one attached hydrogen (secondary N) is 1. The lowest BCUT2D eigenvalue weighted by Crippen LogP contribution is -2.31. The van der Waals surface area contributed by atoms with Crippen LogP contribution in [0.15, 0.2) is 64.5 Å². The molecule has 0 atom stereocenters. The molecule has 2 aromatic carbocycles. The maximum Gasteiger partial charge on any atom is 0.257 e. The second kappa shape index (κ2) is 11.6. The Labute approximate surface area is 208 Å². The van der Waals surface area contributed by atoms with Gasteiger partial charge in [0.15, 0.2) is 0 Å². The minimum atomic E-state index is -0.0255. The van der Waals surface area contributed by atoms with Crippen molar-refractivity contribution in [3.05, 3.63) is 98.2 Å². The van der Waals surface area contributed by atoms with Crippen molar-refractivity contribution < 1.29 is 0 Å². The summed E-state index contributed by atoms with van der Waals surface area (Å²) in [6, 6.07) is 17.9. The molecule has 0 amide bonds. The molecule has 3 rings (SSSR count). The molecule has 35 heavy (non-hydrogen) atoms. The third-order valence-electron chi connectivity index (χ3n) is 6.37. The molecule has 5 nitrogen and oxygen atoms in total. The molecule has 0 spiro atoms. The van der Waals surface area contributed by atoms with Crippen LogP contribution in [0.2, 0.25) is 0 Å². The number of unbranched alkanes of at least 4 members (excludes halogenated alkanes) is 1. The number of hydrogen-bond donors (Lipinski definition) is 1. The van der Waals surface area contributed by atoms with Crippen molar-refractivity contribution in [1.29, 1.82) is 10.7 Å². The van der Waals surface area contributed by atoms with E-state index in [2.05, 4.69) is 13.0 Å². The van der Waals surface area contributed by atoms with Crippen LogP contribution in [-0.2, 0) is 19.4 Å². The van der Waals surface area contributed by atoms with E-state index in [-0.39, 0.29) is 5.56 Å². The van der Waals surface area contributed by atoms with Crippen LogP contribution >= 0.6 is 0 Å². The molecule has 0 radical (unpaired) electrons. The Morgan fingerprint density at radius 3 is 2.37 bits per heavy atom. The average Bonchev–Trinajstić information content (AvgIpc) is 2.84. The van der Waals surface area contributed by atoms with E-state index in [0.717, 1.165) is 58.4 Å². The predicted molar refractivity (Wildman–Crippen MR) is 143 cm³/mol. The minimum Gasteiger partial charge on any atom is -0.305 e. The molecule has 1 aromatic heterocycles. The highest BCUT2D eigenvalue weighted by molar-refractivity contribution is 5.96. The lowest BCUT2D eigenvalue weighted by atomic mass is 9.96. The summed E-state index contributed by atoms with van der Waals surface area (Å²) in [7, 11) is 0. The zero-order chi connectivity index (χ0) is 25.5. The van der Waals surface area contributed by atoms with Crippen molar-refractivity contribution in [3.8, 4) is 17.2 Å². The number of nitriles is 1. The van der Waals surface area contributed by atoms with Crippen molar-refractivity contribution in [1.82, 2.24) is 9.55 Å². The van der Waals surface area contributed by atoms with Crippen LogP contribution < -0.4 is 5.56 Å². The first kappa shape index (κ1) is 25.8. The highest BCUT2D eigenvalue weighted by Crippen LogP contribution is 2.24. The molecule has 3 aromatic rings. The summed E-state index contributed by atoms with van der Waals surface area (Å²) in [5, 5.41) is 17.6. The average molecular weight is 467 g/mol.